The van der Waals surface area contributed by atoms with E-state index in [0.717, 1.165) is 0 Å². The highest BCUT2D eigenvalue weighted by atomic mass is 16.6. The van der Waals surface area contributed by atoms with E-state index in [0.29, 0.717) is 11.3 Å². The first-order valence-electron chi connectivity index (χ1n) is 5.89. The van der Waals surface area contributed by atoms with E-state index in [4.69, 9.17) is 9.84 Å². The van der Waals surface area contributed by atoms with E-state index < -0.39 is 10.9 Å². The molecule has 0 saturated heterocycles. The topological polar surface area (TPSA) is 115 Å². The SMILES string of the molecule is Cc1c(OCc2ncncc2C(=O)O)cccc1[N+](=O)[O-]. The fourth-order valence-corrected chi connectivity index (χ4v) is 1.75. The van der Waals surface area contributed by atoms with Crippen LogP contribution in [0.1, 0.15) is 21.6 Å². The Hall–Kier alpha value is -3.03. The van der Waals surface area contributed by atoms with Crippen molar-refractivity contribution < 1.29 is 19.6 Å². The summed E-state index contributed by atoms with van der Waals surface area (Å²) >= 11 is 0. The number of ether oxygens (including phenoxy) is 1. The van der Waals surface area contributed by atoms with Crippen LogP contribution in [-0.2, 0) is 6.61 Å². The Labute approximate surface area is 119 Å². The maximum absolute atomic E-state index is 11.0. The zero-order valence-electron chi connectivity index (χ0n) is 11.0. The molecule has 2 aromatic rings. The predicted octanol–water partition coefficient (Wildman–Crippen LogP) is 1.97. The van der Waals surface area contributed by atoms with Crippen molar-refractivity contribution in [3.63, 3.8) is 0 Å². The van der Waals surface area contributed by atoms with Crippen LogP contribution in [0.2, 0.25) is 0 Å². The zero-order chi connectivity index (χ0) is 15.4. The van der Waals surface area contributed by atoms with Gasteiger partial charge in [-0.15, -0.1) is 0 Å². The fraction of sp³-hybridized carbons (Fsp3) is 0.154. The Bertz CT molecular complexity index is 702. The summed E-state index contributed by atoms with van der Waals surface area (Å²) in [6.45, 7) is 1.44. The van der Waals surface area contributed by atoms with E-state index in [9.17, 15) is 14.9 Å². The molecule has 8 nitrogen and oxygen atoms in total. The van der Waals surface area contributed by atoms with Crippen LogP contribution in [0.3, 0.4) is 0 Å². The summed E-state index contributed by atoms with van der Waals surface area (Å²) in [5.41, 5.74) is 0.436. The number of benzene rings is 1. The van der Waals surface area contributed by atoms with E-state index >= 15 is 0 Å². The van der Waals surface area contributed by atoms with Gasteiger partial charge in [0.25, 0.3) is 5.69 Å². The summed E-state index contributed by atoms with van der Waals surface area (Å²) in [7, 11) is 0. The lowest BCUT2D eigenvalue weighted by Gasteiger charge is -2.09. The molecule has 0 aliphatic rings. The third-order valence-electron chi connectivity index (χ3n) is 2.84. The molecule has 8 heteroatoms. The average Bonchev–Trinajstić information content (AvgIpc) is 2.46. The van der Waals surface area contributed by atoms with Crippen molar-refractivity contribution in [1.29, 1.82) is 0 Å². The molecule has 0 aliphatic heterocycles. The second-order valence-electron chi connectivity index (χ2n) is 4.13. The zero-order valence-corrected chi connectivity index (χ0v) is 11.0. The number of carboxylic acid groups (broad SMARTS) is 1. The number of carboxylic acids is 1. The molecule has 0 spiro atoms. The predicted molar refractivity (Wildman–Crippen MR) is 71.2 cm³/mol. The van der Waals surface area contributed by atoms with Crippen molar-refractivity contribution in [2.75, 3.05) is 0 Å². The molecular weight excluding hydrogens is 278 g/mol. The molecule has 1 N–H and O–H groups in total. The maximum atomic E-state index is 11.0. The normalized spacial score (nSPS) is 10.1. The molecule has 2 rings (SSSR count). The van der Waals surface area contributed by atoms with Gasteiger partial charge in [0.05, 0.1) is 16.2 Å². The molecule has 0 saturated carbocycles. The van der Waals surface area contributed by atoms with E-state index in [-0.39, 0.29) is 23.6 Å². The summed E-state index contributed by atoms with van der Waals surface area (Å²) in [6.07, 6.45) is 2.39. The lowest BCUT2D eigenvalue weighted by atomic mass is 10.2. The highest BCUT2D eigenvalue weighted by molar-refractivity contribution is 5.88. The van der Waals surface area contributed by atoms with Gasteiger partial charge in [-0.05, 0) is 13.0 Å². The maximum Gasteiger partial charge on any atom is 0.339 e. The van der Waals surface area contributed by atoms with Gasteiger partial charge >= 0.3 is 5.97 Å². The second kappa shape index (κ2) is 5.95. The highest BCUT2D eigenvalue weighted by Crippen LogP contribution is 2.27. The Kier molecular flexibility index (Phi) is 4.07. The molecule has 1 aromatic carbocycles. The Morgan fingerprint density at radius 2 is 2.24 bits per heavy atom. The minimum Gasteiger partial charge on any atom is -0.487 e. The largest absolute Gasteiger partial charge is 0.487 e. The van der Waals surface area contributed by atoms with E-state index in [1.54, 1.807) is 13.0 Å². The van der Waals surface area contributed by atoms with Gasteiger partial charge < -0.3 is 9.84 Å². The molecular formula is C13H11N3O5. The van der Waals surface area contributed by atoms with Crippen LogP contribution >= 0.6 is 0 Å². The first-order chi connectivity index (χ1) is 10.0. The minimum absolute atomic E-state index is 0.0614. The number of hydrogen-bond donors (Lipinski definition) is 1. The number of aromatic carboxylic acids is 1. The summed E-state index contributed by atoms with van der Waals surface area (Å²) in [5, 5.41) is 19.9. The number of aromatic nitrogens is 2. The van der Waals surface area contributed by atoms with Gasteiger partial charge in [-0.1, -0.05) is 6.07 Å². The fourth-order valence-electron chi connectivity index (χ4n) is 1.75. The third-order valence-corrected chi connectivity index (χ3v) is 2.84. The van der Waals surface area contributed by atoms with Crippen molar-refractivity contribution in [2.24, 2.45) is 0 Å². The molecule has 21 heavy (non-hydrogen) atoms. The Morgan fingerprint density at radius 1 is 1.48 bits per heavy atom. The summed E-state index contributed by atoms with van der Waals surface area (Å²) in [5.74, 6) is -0.857. The lowest BCUT2D eigenvalue weighted by Crippen LogP contribution is -2.09. The minimum atomic E-state index is -1.16. The van der Waals surface area contributed by atoms with E-state index in [1.165, 1.54) is 24.7 Å². The third kappa shape index (κ3) is 3.11. The first-order valence-corrected chi connectivity index (χ1v) is 5.89. The van der Waals surface area contributed by atoms with Gasteiger partial charge in [-0.25, -0.2) is 14.8 Å². The Morgan fingerprint density at radius 3 is 2.90 bits per heavy atom. The number of nitrogens with zero attached hydrogens (tertiary/aromatic N) is 3. The molecule has 0 aliphatic carbocycles. The van der Waals surface area contributed by atoms with Crippen molar-refractivity contribution >= 4 is 11.7 Å². The number of hydrogen-bond acceptors (Lipinski definition) is 6. The van der Waals surface area contributed by atoms with Gasteiger partial charge in [-0.2, -0.15) is 0 Å². The number of nitro benzene ring substituents is 1. The molecule has 0 fully saturated rings. The van der Waals surface area contributed by atoms with Crippen molar-refractivity contribution in [3.05, 3.63) is 57.7 Å². The van der Waals surface area contributed by atoms with Gasteiger partial charge in [0.2, 0.25) is 0 Å². The van der Waals surface area contributed by atoms with E-state index in [1.807, 2.05) is 0 Å². The molecule has 0 radical (unpaired) electrons. The van der Waals surface area contributed by atoms with Gasteiger partial charge in [-0.3, -0.25) is 10.1 Å². The van der Waals surface area contributed by atoms with Crippen molar-refractivity contribution in [1.82, 2.24) is 9.97 Å². The smallest absolute Gasteiger partial charge is 0.339 e. The highest BCUT2D eigenvalue weighted by Gasteiger charge is 2.16. The quantitative estimate of drug-likeness (QED) is 0.660. The van der Waals surface area contributed by atoms with Gasteiger partial charge in [0.15, 0.2) is 0 Å². The second-order valence-corrected chi connectivity index (χ2v) is 4.13. The number of rotatable bonds is 5. The monoisotopic (exact) mass is 289 g/mol. The van der Waals surface area contributed by atoms with Crippen LogP contribution in [-0.4, -0.2) is 26.0 Å². The van der Waals surface area contributed by atoms with Gasteiger partial charge in [0.1, 0.15) is 24.2 Å². The molecule has 1 aromatic heterocycles. The van der Waals surface area contributed by atoms with Crippen LogP contribution in [0.5, 0.6) is 5.75 Å². The number of carbonyl (C=O) groups is 1. The average molecular weight is 289 g/mol. The van der Waals surface area contributed by atoms with Crippen LogP contribution in [0.25, 0.3) is 0 Å². The van der Waals surface area contributed by atoms with Crippen molar-refractivity contribution in [3.8, 4) is 5.75 Å². The van der Waals surface area contributed by atoms with Crippen LogP contribution in [0.4, 0.5) is 5.69 Å². The molecule has 1 heterocycles. The van der Waals surface area contributed by atoms with E-state index in [2.05, 4.69) is 9.97 Å². The Balaban J connectivity index is 2.23. The van der Waals surface area contributed by atoms with Gasteiger partial charge in [0, 0.05) is 12.3 Å². The molecule has 0 amide bonds. The van der Waals surface area contributed by atoms with Crippen LogP contribution in [0, 0.1) is 17.0 Å². The molecule has 0 atom stereocenters. The lowest BCUT2D eigenvalue weighted by molar-refractivity contribution is -0.385. The summed E-state index contributed by atoms with van der Waals surface area (Å²) in [6, 6.07) is 4.44. The number of nitro groups is 1. The van der Waals surface area contributed by atoms with Crippen LogP contribution in [0.15, 0.2) is 30.7 Å². The molecule has 108 valence electrons. The van der Waals surface area contributed by atoms with Crippen LogP contribution < -0.4 is 4.74 Å². The standard InChI is InChI=1S/C13H11N3O5/c1-8-11(16(19)20)3-2-4-12(8)21-6-10-9(13(17)18)5-14-7-15-10/h2-5,7H,6H2,1H3,(H,17,18). The molecule has 0 bridgehead atoms. The summed E-state index contributed by atoms with van der Waals surface area (Å²) < 4.78 is 5.45. The summed E-state index contributed by atoms with van der Waals surface area (Å²) in [4.78, 5) is 28.8. The molecule has 0 unspecified atom stereocenters. The first kappa shape index (κ1) is 14.4. The van der Waals surface area contributed by atoms with Crippen molar-refractivity contribution in [2.45, 2.75) is 13.5 Å².